The number of nitrogens with zero attached hydrogens (tertiary/aromatic N) is 4. The normalized spacial score (nSPS) is 10.3. The lowest BCUT2D eigenvalue weighted by molar-refractivity contribution is 0.0949. The number of aromatic nitrogens is 4. The lowest BCUT2D eigenvalue weighted by Gasteiger charge is -2.05. The van der Waals surface area contributed by atoms with Gasteiger partial charge in [0.2, 0.25) is 0 Å². The molecule has 2 aromatic rings. The Balaban J connectivity index is 2.01. The third-order valence-electron chi connectivity index (χ3n) is 2.29. The number of anilines is 1. The van der Waals surface area contributed by atoms with E-state index in [9.17, 15) is 4.79 Å². The van der Waals surface area contributed by atoms with Crippen molar-refractivity contribution in [1.82, 2.24) is 25.1 Å². The Hall–Kier alpha value is -2.19. The van der Waals surface area contributed by atoms with Crippen LogP contribution in [-0.4, -0.2) is 25.7 Å². The number of carbonyl (C=O) groups is 1. The highest BCUT2D eigenvalue weighted by molar-refractivity contribution is 6.33. The summed E-state index contributed by atoms with van der Waals surface area (Å²) < 4.78 is 1.56. The van der Waals surface area contributed by atoms with Gasteiger partial charge in [-0.15, -0.1) is 0 Å². The van der Waals surface area contributed by atoms with Gasteiger partial charge < -0.3 is 10.7 Å². The van der Waals surface area contributed by atoms with Gasteiger partial charge >= 0.3 is 0 Å². The molecule has 0 saturated carbocycles. The highest BCUT2D eigenvalue weighted by Crippen LogP contribution is 2.18. The van der Waals surface area contributed by atoms with Crippen LogP contribution in [0.15, 0.2) is 18.6 Å². The molecule has 0 radical (unpaired) electrons. The molecule has 1 amide bonds. The lowest BCUT2D eigenvalue weighted by atomic mass is 10.2. The van der Waals surface area contributed by atoms with Gasteiger partial charge in [-0.1, -0.05) is 11.6 Å². The summed E-state index contributed by atoms with van der Waals surface area (Å²) in [5, 5.41) is 6.98. The summed E-state index contributed by atoms with van der Waals surface area (Å²) in [7, 11) is 1.75. The van der Waals surface area contributed by atoms with Gasteiger partial charge in [0.05, 0.1) is 17.1 Å². The number of halogens is 1. The fraction of sp³-hybridized carbons (Fsp3) is 0.200. The molecule has 2 aromatic heterocycles. The van der Waals surface area contributed by atoms with Crippen LogP contribution in [0.1, 0.15) is 16.2 Å². The first-order valence-corrected chi connectivity index (χ1v) is 5.73. The molecular weight excluding hydrogens is 270 g/mol. The summed E-state index contributed by atoms with van der Waals surface area (Å²) in [6.45, 7) is 0.230. The molecule has 2 rings (SSSR count). The van der Waals surface area contributed by atoms with Crippen molar-refractivity contribution in [1.29, 1.82) is 0 Å². The van der Waals surface area contributed by atoms with Gasteiger partial charge in [0.25, 0.3) is 5.91 Å². The number of hydrogen-bond acceptors (Lipinski definition) is 6. The summed E-state index contributed by atoms with van der Waals surface area (Å²) in [4.78, 5) is 19.8. The number of aryl methyl sites for hydroxylation is 1. The molecule has 0 saturated heterocycles. The van der Waals surface area contributed by atoms with Crippen molar-refractivity contribution in [3.8, 4) is 0 Å². The van der Waals surface area contributed by atoms with E-state index in [1.54, 1.807) is 18.1 Å². The summed E-state index contributed by atoms with van der Waals surface area (Å²) in [6.07, 6.45) is 2.93. The van der Waals surface area contributed by atoms with E-state index in [-0.39, 0.29) is 17.5 Å². The van der Waals surface area contributed by atoms with Crippen LogP contribution in [0.5, 0.6) is 0 Å². The van der Waals surface area contributed by atoms with Crippen LogP contribution in [0.25, 0.3) is 0 Å². The van der Waals surface area contributed by atoms with Crippen molar-refractivity contribution < 1.29 is 4.79 Å². The van der Waals surface area contributed by atoms with E-state index >= 15 is 0 Å². The maximum Gasteiger partial charge on any atom is 0.253 e. The molecule has 19 heavy (non-hydrogen) atoms. The topological polar surface area (TPSA) is 111 Å². The minimum absolute atomic E-state index is 0.230. The highest BCUT2D eigenvalue weighted by Gasteiger charge is 2.10. The molecule has 0 aliphatic carbocycles. The van der Waals surface area contributed by atoms with Crippen molar-refractivity contribution in [2.24, 2.45) is 12.9 Å². The number of nitrogens with two attached hydrogens (primary N) is 1. The first-order valence-electron chi connectivity index (χ1n) is 5.35. The molecule has 2 heterocycles. The average Bonchev–Trinajstić information content (AvgIpc) is 2.81. The zero-order valence-electron chi connectivity index (χ0n) is 10.1. The van der Waals surface area contributed by atoms with Gasteiger partial charge in [-0.2, -0.15) is 5.10 Å². The summed E-state index contributed by atoms with van der Waals surface area (Å²) >= 11 is 5.88. The Morgan fingerprint density at radius 3 is 2.89 bits per heavy atom. The van der Waals surface area contributed by atoms with Crippen molar-refractivity contribution in [2.75, 3.05) is 5.43 Å². The molecule has 0 atom stereocenters. The molecule has 0 spiro atoms. The minimum Gasteiger partial charge on any atom is -0.345 e. The molecular formula is C10H12ClN7O. The molecule has 0 aliphatic rings. The second-order valence-electron chi connectivity index (χ2n) is 3.72. The van der Waals surface area contributed by atoms with Crippen LogP contribution in [0.4, 0.5) is 5.82 Å². The van der Waals surface area contributed by atoms with Crippen LogP contribution in [0.3, 0.4) is 0 Å². The van der Waals surface area contributed by atoms with Gasteiger partial charge in [-0.05, 0) is 6.07 Å². The zero-order valence-corrected chi connectivity index (χ0v) is 10.8. The number of rotatable bonds is 4. The Labute approximate surface area is 114 Å². The minimum atomic E-state index is -0.314. The molecule has 4 N–H and O–H groups in total. The monoisotopic (exact) mass is 281 g/mol. The van der Waals surface area contributed by atoms with Crippen LogP contribution in [-0.2, 0) is 13.6 Å². The number of nitrogen functional groups attached to an aromatic ring is 1. The van der Waals surface area contributed by atoms with Crippen molar-refractivity contribution >= 4 is 23.3 Å². The van der Waals surface area contributed by atoms with Crippen molar-refractivity contribution in [2.45, 2.75) is 6.54 Å². The quantitative estimate of drug-likeness (QED) is 0.541. The molecule has 0 aromatic carbocycles. The Morgan fingerprint density at radius 1 is 1.53 bits per heavy atom. The van der Waals surface area contributed by atoms with E-state index in [0.29, 0.717) is 17.2 Å². The summed E-state index contributed by atoms with van der Waals surface area (Å²) in [5.41, 5.74) is 2.66. The Morgan fingerprint density at radius 2 is 2.32 bits per heavy atom. The number of amides is 1. The molecule has 0 unspecified atom stereocenters. The zero-order chi connectivity index (χ0) is 13.8. The van der Waals surface area contributed by atoms with Gasteiger partial charge in [-0.3, -0.25) is 9.48 Å². The Bertz CT molecular complexity index is 597. The van der Waals surface area contributed by atoms with Crippen LogP contribution < -0.4 is 16.6 Å². The van der Waals surface area contributed by atoms with Crippen LogP contribution in [0, 0.1) is 0 Å². The second kappa shape index (κ2) is 5.63. The van der Waals surface area contributed by atoms with E-state index in [1.165, 1.54) is 12.3 Å². The summed E-state index contributed by atoms with van der Waals surface area (Å²) in [6, 6.07) is 1.48. The molecule has 0 fully saturated rings. The lowest BCUT2D eigenvalue weighted by Crippen LogP contribution is -2.24. The standard InChI is InChI=1S/C10H12ClN7O/c1-18-5-15-8(17-18)4-14-10(19)6-2-7(11)9(16-12)13-3-6/h2-3,5H,4,12H2,1H3,(H,13,16)(H,14,19). The second-order valence-corrected chi connectivity index (χ2v) is 4.12. The van der Waals surface area contributed by atoms with Crippen molar-refractivity contribution in [3.63, 3.8) is 0 Å². The van der Waals surface area contributed by atoms with Gasteiger partial charge in [0.1, 0.15) is 6.33 Å². The predicted octanol–water partition coefficient (Wildman–Crippen LogP) is 0.0791. The van der Waals surface area contributed by atoms with Gasteiger partial charge in [-0.25, -0.2) is 15.8 Å². The highest BCUT2D eigenvalue weighted by atomic mass is 35.5. The third kappa shape index (κ3) is 3.18. The smallest absolute Gasteiger partial charge is 0.253 e. The number of pyridine rings is 1. The van der Waals surface area contributed by atoms with E-state index in [4.69, 9.17) is 17.4 Å². The van der Waals surface area contributed by atoms with E-state index in [0.717, 1.165) is 0 Å². The Kier molecular flexibility index (Phi) is 3.93. The van der Waals surface area contributed by atoms with E-state index in [1.807, 2.05) is 0 Å². The SMILES string of the molecule is Cn1cnc(CNC(=O)c2cnc(NN)c(Cl)c2)n1. The van der Waals surface area contributed by atoms with Gasteiger partial charge in [0.15, 0.2) is 11.6 Å². The first-order chi connectivity index (χ1) is 9.10. The number of hydrazine groups is 1. The number of carbonyl (C=O) groups excluding carboxylic acids is 1. The van der Waals surface area contributed by atoms with Crippen molar-refractivity contribution in [3.05, 3.63) is 35.0 Å². The third-order valence-corrected chi connectivity index (χ3v) is 2.58. The molecule has 100 valence electrons. The van der Waals surface area contributed by atoms with Crippen LogP contribution >= 0.6 is 11.6 Å². The van der Waals surface area contributed by atoms with Crippen LogP contribution in [0.2, 0.25) is 5.02 Å². The number of hydrogen-bond donors (Lipinski definition) is 3. The largest absolute Gasteiger partial charge is 0.345 e. The maximum atomic E-state index is 11.9. The first kappa shape index (κ1) is 13.2. The molecule has 0 aliphatic heterocycles. The van der Waals surface area contributed by atoms with E-state index in [2.05, 4.69) is 25.8 Å². The van der Waals surface area contributed by atoms with Gasteiger partial charge in [0, 0.05) is 13.2 Å². The maximum absolute atomic E-state index is 11.9. The summed E-state index contributed by atoms with van der Waals surface area (Å²) in [5.74, 6) is 5.72. The number of nitrogens with one attached hydrogen (secondary N) is 2. The molecule has 9 heteroatoms. The fourth-order valence-electron chi connectivity index (χ4n) is 1.39. The molecule has 0 bridgehead atoms. The molecule has 8 nitrogen and oxygen atoms in total. The predicted molar refractivity (Wildman–Crippen MR) is 69.2 cm³/mol. The van der Waals surface area contributed by atoms with E-state index < -0.39 is 0 Å². The fourth-order valence-corrected chi connectivity index (χ4v) is 1.62. The average molecular weight is 282 g/mol.